The van der Waals surface area contributed by atoms with Gasteiger partial charge < -0.3 is 4.90 Å². The van der Waals surface area contributed by atoms with Crippen molar-refractivity contribution in [2.24, 2.45) is 0 Å². The fraction of sp³-hybridized carbons (Fsp3) is 0.583. The molecule has 0 N–H and O–H groups in total. The second kappa shape index (κ2) is 5.63. The van der Waals surface area contributed by atoms with E-state index in [0.717, 1.165) is 18.9 Å². The minimum Gasteiger partial charge on any atom is -0.356 e. The van der Waals surface area contributed by atoms with E-state index in [0.29, 0.717) is 0 Å². The number of hydrogen-bond acceptors (Lipinski definition) is 2. The SMILES string of the molecule is CCCN(CCC)c1ncccc1C. The standard InChI is InChI=1S/C12H20N2/c1-4-9-14(10-5-2)12-11(3)7-6-8-13-12/h6-8H,4-5,9-10H2,1-3H3. The molecule has 0 radical (unpaired) electrons. The summed E-state index contributed by atoms with van der Waals surface area (Å²) >= 11 is 0. The number of hydrogen-bond donors (Lipinski definition) is 0. The minimum atomic E-state index is 1.10. The van der Waals surface area contributed by atoms with Crippen LogP contribution in [0.1, 0.15) is 32.3 Å². The summed E-state index contributed by atoms with van der Waals surface area (Å²) in [4.78, 5) is 6.81. The maximum Gasteiger partial charge on any atom is 0.131 e. The lowest BCUT2D eigenvalue weighted by Gasteiger charge is -2.23. The van der Waals surface area contributed by atoms with E-state index in [1.54, 1.807) is 0 Å². The summed E-state index contributed by atoms with van der Waals surface area (Å²) in [5, 5.41) is 0. The Balaban J connectivity index is 2.81. The molecule has 0 spiro atoms. The zero-order valence-electron chi connectivity index (χ0n) is 9.45. The fourth-order valence-corrected chi connectivity index (χ4v) is 1.67. The lowest BCUT2D eigenvalue weighted by Crippen LogP contribution is -2.26. The third-order valence-corrected chi connectivity index (χ3v) is 2.27. The van der Waals surface area contributed by atoms with Gasteiger partial charge in [0.15, 0.2) is 0 Å². The summed E-state index contributed by atoms with van der Waals surface area (Å²) in [5.41, 5.74) is 1.27. The number of pyridine rings is 1. The Morgan fingerprint density at radius 3 is 2.36 bits per heavy atom. The molecule has 0 bridgehead atoms. The number of rotatable bonds is 5. The van der Waals surface area contributed by atoms with Crippen molar-refractivity contribution >= 4 is 5.82 Å². The van der Waals surface area contributed by atoms with Gasteiger partial charge in [-0.25, -0.2) is 4.98 Å². The van der Waals surface area contributed by atoms with Crippen molar-refractivity contribution in [3.05, 3.63) is 23.9 Å². The third-order valence-electron chi connectivity index (χ3n) is 2.27. The van der Waals surface area contributed by atoms with Gasteiger partial charge in [-0.3, -0.25) is 0 Å². The summed E-state index contributed by atoms with van der Waals surface area (Å²) in [6.07, 6.45) is 4.23. The van der Waals surface area contributed by atoms with Crippen LogP contribution in [-0.4, -0.2) is 18.1 Å². The van der Waals surface area contributed by atoms with Crippen LogP contribution < -0.4 is 4.90 Å². The highest BCUT2D eigenvalue weighted by atomic mass is 15.2. The van der Waals surface area contributed by atoms with Gasteiger partial charge in [-0.15, -0.1) is 0 Å². The molecular weight excluding hydrogens is 172 g/mol. The van der Waals surface area contributed by atoms with Crippen molar-refractivity contribution < 1.29 is 0 Å². The molecule has 1 heterocycles. The molecule has 0 amide bonds. The van der Waals surface area contributed by atoms with Gasteiger partial charge in [-0.2, -0.15) is 0 Å². The first-order valence-corrected chi connectivity index (χ1v) is 5.46. The Morgan fingerprint density at radius 1 is 1.21 bits per heavy atom. The van der Waals surface area contributed by atoms with Gasteiger partial charge >= 0.3 is 0 Å². The number of aromatic nitrogens is 1. The van der Waals surface area contributed by atoms with Crippen LogP contribution in [0.4, 0.5) is 5.82 Å². The topological polar surface area (TPSA) is 16.1 Å². The van der Waals surface area contributed by atoms with Gasteiger partial charge in [0, 0.05) is 19.3 Å². The predicted octanol–water partition coefficient (Wildman–Crippen LogP) is 3.02. The lowest BCUT2D eigenvalue weighted by molar-refractivity contribution is 0.731. The van der Waals surface area contributed by atoms with Crippen molar-refractivity contribution in [3.8, 4) is 0 Å². The molecule has 14 heavy (non-hydrogen) atoms. The lowest BCUT2D eigenvalue weighted by atomic mass is 10.2. The maximum atomic E-state index is 4.44. The van der Waals surface area contributed by atoms with Crippen LogP contribution >= 0.6 is 0 Å². The molecule has 78 valence electrons. The quantitative estimate of drug-likeness (QED) is 0.713. The average Bonchev–Trinajstić information content (AvgIpc) is 2.18. The van der Waals surface area contributed by atoms with Crippen molar-refractivity contribution in [2.45, 2.75) is 33.6 Å². The molecule has 2 nitrogen and oxygen atoms in total. The second-order valence-electron chi connectivity index (χ2n) is 3.63. The smallest absolute Gasteiger partial charge is 0.131 e. The van der Waals surface area contributed by atoms with Gasteiger partial charge in [0.25, 0.3) is 0 Å². The van der Waals surface area contributed by atoms with E-state index in [2.05, 4.69) is 36.7 Å². The largest absolute Gasteiger partial charge is 0.356 e. The van der Waals surface area contributed by atoms with Crippen LogP contribution in [0.5, 0.6) is 0 Å². The monoisotopic (exact) mass is 192 g/mol. The summed E-state index contributed by atoms with van der Waals surface area (Å²) in [5.74, 6) is 1.15. The molecule has 0 aliphatic heterocycles. The van der Waals surface area contributed by atoms with Crippen LogP contribution in [-0.2, 0) is 0 Å². The van der Waals surface area contributed by atoms with Crippen molar-refractivity contribution in [1.82, 2.24) is 4.98 Å². The molecular formula is C12H20N2. The molecule has 0 aliphatic rings. The average molecular weight is 192 g/mol. The molecule has 0 unspecified atom stereocenters. The van der Waals surface area contributed by atoms with E-state index in [-0.39, 0.29) is 0 Å². The van der Waals surface area contributed by atoms with E-state index in [1.807, 2.05) is 12.3 Å². The minimum absolute atomic E-state index is 1.10. The van der Waals surface area contributed by atoms with Crippen LogP contribution in [0.3, 0.4) is 0 Å². The Hall–Kier alpha value is -1.05. The first-order chi connectivity index (χ1) is 6.79. The summed E-state index contributed by atoms with van der Waals surface area (Å²) < 4.78 is 0. The summed E-state index contributed by atoms with van der Waals surface area (Å²) in [6.45, 7) is 8.75. The van der Waals surface area contributed by atoms with Crippen molar-refractivity contribution in [2.75, 3.05) is 18.0 Å². The van der Waals surface area contributed by atoms with E-state index in [9.17, 15) is 0 Å². The molecule has 0 aliphatic carbocycles. The molecule has 0 aromatic carbocycles. The Bertz CT molecular complexity index is 265. The third kappa shape index (κ3) is 2.72. The van der Waals surface area contributed by atoms with Gasteiger partial charge in [0.05, 0.1) is 0 Å². The Labute approximate surface area is 87.0 Å². The molecule has 2 heteroatoms. The molecule has 0 saturated carbocycles. The van der Waals surface area contributed by atoms with Crippen LogP contribution in [0.15, 0.2) is 18.3 Å². The van der Waals surface area contributed by atoms with Gasteiger partial charge in [-0.05, 0) is 31.4 Å². The van der Waals surface area contributed by atoms with Crippen LogP contribution in [0, 0.1) is 6.92 Å². The Kier molecular flexibility index (Phi) is 4.44. The zero-order valence-corrected chi connectivity index (χ0v) is 9.45. The van der Waals surface area contributed by atoms with Gasteiger partial charge in [0.1, 0.15) is 5.82 Å². The van der Waals surface area contributed by atoms with Gasteiger partial charge in [0.2, 0.25) is 0 Å². The van der Waals surface area contributed by atoms with E-state index in [1.165, 1.54) is 18.4 Å². The summed E-state index contributed by atoms with van der Waals surface area (Å²) in [6, 6.07) is 4.12. The van der Waals surface area contributed by atoms with E-state index < -0.39 is 0 Å². The maximum absolute atomic E-state index is 4.44. The number of nitrogens with zero attached hydrogens (tertiary/aromatic N) is 2. The molecule has 1 aromatic heterocycles. The highest BCUT2D eigenvalue weighted by Gasteiger charge is 2.07. The Morgan fingerprint density at radius 2 is 1.86 bits per heavy atom. The van der Waals surface area contributed by atoms with Gasteiger partial charge in [-0.1, -0.05) is 19.9 Å². The molecule has 1 aromatic rings. The fourth-order valence-electron chi connectivity index (χ4n) is 1.67. The highest BCUT2D eigenvalue weighted by molar-refractivity contribution is 5.45. The highest BCUT2D eigenvalue weighted by Crippen LogP contribution is 2.16. The van der Waals surface area contributed by atoms with E-state index >= 15 is 0 Å². The van der Waals surface area contributed by atoms with Crippen LogP contribution in [0.2, 0.25) is 0 Å². The second-order valence-corrected chi connectivity index (χ2v) is 3.63. The van der Waals surface area contributed by atoms with Crippen LogP contribution in [0.25, 0.3) is 0 Å². The number of aryl methyl sites for hydroxylation is 1. The zero-order chi connectivity index (χ0) is 10.4. The van der Waals surface area contributed by atoms with E-state index in [4.69, 9.17) is 0 Å². The molecule has 1 rings (SSSR count). The normalized spacial score (nSPS) is 10.2. The molecule has 0 fully saturated rings. The summed E-state index contributed by atoms with van der Waals surface area (Å²) in [7, 11) is 0. The van der Waals surface area contributed by atoms with Crippen molar-refractivity contribution in [1.29, 1.82) is 0 Å². The number of anilines is 1. The molecule has 0 saturated heterocycles. The predicted molar refractivity (Wildman–Crippen MR) is 61.8 cm³/mol. The molecule has 0 atom stereocenters. The first kappa shape index (κ1) is 11.0. The van der Waals surface area contributed by atoms with Crippen molar-refractivity contribution in [3.63, 3.8) is 0 Å². The first-order valence-electron chi connectivity index (χ1n) is 5.46.